The number of nitrogens with zero attached hydrogens (tertiary/aromatic N) is 1. The summed E-state index contributed by atoms with van der Waals surface area (Å²) in [7, 11) is 0. The molecule has 2 amide bonds. The maximum Gasteiger partial charge on any atom is 0.259 e. The lowest BCUT2D eigenvalue weighted by Gasteiger charge is -2.04. The van der Waals surface area contributed by atoms with Crippen molar-refractivity contribution in [3.05, 3.63) is 58.9 Å². The summed E-state index contributed by atoms with van der Waals surface area (Å²) in [5, 5.41) is 5.92. The zero-order chi connectivity index (χ0) is 15.7. The van der Waals surface area contributed by atoms with Gasteiger partial charge in [-0.15, -0.1) is 0 Å². The zero-order valence-corrected chi connectivity index (χ0v) is 12.0. The number of rotatable bonds is 3. The first-order valence-electron chi connectivity index (χ1n) is 6.39. The molecule has 6 nitrogen and oxygen atoms in total. The van der Waals surface area contributed by atoms with Crippen molar-refractivity contribution >= 4 is 40.5 Å². The molecule has 1 aliphatic heterocycles. The first kappa shape index (κ1) is 14.1. The lowest BCUT2D eigenvalue weighted by molar-refractivity contribution is -0.110. The number of fused-ring (bicyclic) bond motifs is 1. The fourth-order valence-electron chi connectivity index (χ4n) is 2.11. The average Bonchev–Trinajstić information content (AvgIpc) is 2.80. The summed E-state index contributed by atoms with van der Waals surface area (Å²) in [6.45, 7) is 0. The molecule has 1 aromatic heterocycles. The summed E-state index contributed by atoms with van der Waals surface area (Å²) < 4.78 is 0. The monoisotopic (exact) mass is 314 g/mol. The van der Waals surface area contributed by atoms with Gasteiger partial charge in [-0.05, 0) is 30.3 Å². The van der Waals surface area contributed by atoms with E-state index in [0.717, 1.165) is 0 Å². The third-order valence-corrected chi connectivity index (χ3v) is 3.37. The van der Waals surface area contributed by atoms with Crippen LogP contribution in [0.5, 0.6) is 0 Å². The van der Waals surface area contributed by atoms with Crippen molar-refractivity contribution in [1.29, 1.82) is 0 Å². The molecule has 0 atom stereocenters. The first-order valence-corrected chi connectivity index (χ1v) is 6.77. The highest BCUT2D eigenvalue weighted by atomic mass is 35.5. The van der Waals surface area contributed by atoms with E-state index in [0.29, 0.717) is 33.4 Å². The minimum Gasteiger partial charge on any atom is -0.366 e. The highest BCUT2D eigenvalue weighted by molar-refractivity contribution is 6.33. The third kappa shape index (κ3) is 2.64. The Balaban J connectivity index is 1.89. The number of anilines is 2. The van der Waals surface area contributed by atoms with Crippen molar-refractivity contribution in [2.75, 3.05) is 10.6 Å². The molecule has 0 saturated carbocycles. The van der Waals surface area contributed by atoms with Gasteiger partial charge in [0, 0.05) is 23.0 Å². The topological polar surface area (TPSA) is 97.1 Å². The number of hydrogen-bond acceptors (Lipinski definition) is 4. The van der Waals surface area contributed by atoms with E-state index >= 15 is 0 Å². The van der Waals surface area contributed by atoms with Crippen LogP contribution in [-0.2, 0) is 4.79 Å². The van der Waals surface area contributed by atoms with E-state index in [1.807, 2.05) is 0 Å². The second-order valence-corrected chi connectivity index (χ2v) is 5.02. The SMILES string of the molecule is NC(=O)c1cccc(NC=C2C(=O)Nc3nc(Cl)ccc32)c1. The second-order valence-electron chi connectivity index (χ2n) is 4.63. The summed E-state index contributed by atoms with van der Waals surface area (Å²) in [5.41, 5.74) is 7.36. The molecule has 0 bridgehead atoms. The van der Waals surface area contributed by atoms with Crippen LogP contribution in [0.1, 0.15) is 15.9 Å². The molecule has 0 unspecified atom stereocenters. The Kier molecular flexibility index (Phi) is 3.52. The first-order chi connectivity index (χ1) is 10.5. The Morgan fingerprint density at radius 1 is 1.32 bits per heavy atom. The molecule has 2 heterocycles. The van der Waals surface area contributed by atoms with Crippen LogP contribution in [0.2, 0.25) is 5.15 Å². The van der Waals surface area contributed by atoms with Gasteiger partial charge in [-0.3, -0.25) is 9.59 Å². The van der Waals surface area contributed by atoms with Crippen LogP contribution in [0.25, 0.3) is 5.57 Å². The van der Waals surface area contributed by atoms with Gasteiger partial charge in [0.15, 0.2) is 0 Å². The molecule has 3 rings (SSSR count). The predicted octanol–water partition coefficient (Wildman–Crippen LogP) is 2.24. The van der Waals surface area contributed by atoms with E-state index in [9.17, 15) is 9.59 Å². The Hall–Kier alpha value is -2.86. The summed E-state index contributed by atoms with van der Waals surface area (Å²) in [6.07, 6.45) is 1.55. The summed E-state index contributed by atoms with van der Waals surface area (Å²) in [4.78, 5) is 27.2. The number of hydrogen-bond donors (Lipinski definition) is 3. The number of amides is 2. The molecule has 2 aromatic rings. The van der Waals surface area contributed by atoms with Crippen molar-refractivity contribution in [2.24, 2.45) is 5.73 Å². The minimum absolute atomic E-state index is 0.275. The number of carbonyl (C=O) groups excluding carboxylic acids is 2. The van der Waals surface area contributed by atoms with Crippen LogP contribution in [0.4, 0.5) is 11.5 Å². The molecule has 1 aromatic carbocycles. The van der Waals surface area contributed by atoms with Crippen molar-refractivity contribution in [3.63, 3.8) is 0 Å². The second kappa shape index (κ2) is 5.50. The van der Waals surface area contributed by atoms with Gasteiger partial charge in [0.05, 0.1) is 5.57 Å². The molecular formula is C15H11ClN4O2. The predicted molar refractivity (Wildman–Crippen MR) is 84.4 cm³/mol. The molecule has 0 aliphatic carbocycles. The van der Waals surface area contributed by atoms with E-state index < -0.39 is 5.91 Å². The van der Waals surface area contributed by atoms with Gasteiger partial charge >= 0.3 is 0 Å². The van der Waals surface area contributed by atoms with E-state index in [-0.39, 0.29) is 5.91 Å². The van der Waals surface area contributed by atoms with Crippen molar-refractivity contribution in [3.8, 4) is 0 Å². The van der Waals surface area contributed by atoms with Crippen LogP contribution in [0.3, 0.4) is 0 Å². The van der Waals surface area contributed by atoms with Gasteiger partial charge in [0.1, 0.15) is 11.0 Å². The van der Waals surface area contributed by atoms with Gasteiger partial charge in [0.2, 0.25) is 5.91 Å². The van der Waals surface area contributed by atoms with E-state index in [1.54, 1.807) is 42.6 Å². The van der Waals surface area contributed by atoms with Crippen molar-refractivity contribution in [1.82, 2.24) is 4.98 Å². The quantitative estimate of drug-likeness (QED) is 0.598. The van der Waals surface area contributed by atoms with Gasteiger partial charge in [-0.2, -0.15) is 0 Å². The van der Waals surface area contributed by atoms with Gasteiger partial charge < -0.3 is 16.4 Å². The maximum atomic E-state index is 12.0. The maximum absolute atomic E-state index is 12.0. The summed E-state index contributed by atoms with van der Waals surface area (Å²) >= 11 is 5.80. The molecule has 1 aliphatic rings. The lowest BCUT2D eigenvalue weighted by Crippen LogP contribution is -2.11. The molecule has 22 heavy (non-hydrogen) atoms. The van der Waals surface area contributed by atoms with Crippen LogP contribution >= 0.6 is 11.6 Å². The van der Waals surface area contributed by atoms with Gasteiger partial charge in [-0.1, -0.05) is 17.7 Å². The molecule has 0 radical (unpaired) electrons. The third-order valence-electron chi connectivity index (χ3n) is 3.16. The molecule has 4 N–H and O–H groups in total. The number of halogens is 1. The van der Waals surface area contributed by atoms with Crippen LogP contribution in [0.15, 0.2) is 42.6 Å². The van der Waals surface area contributed by atoms with Crippen molar-refractivity contribution < 1.29 is 9.59 Å². The number of primary amides is 1. The number of carbonyl (C=O) groups is 2. The Bertz CT molecular complexity index is 817. The number of benzene rings is 1. The largest absolute Gasteiger partial charge is 0.366 e. The Morgan fingerprint density at radius 3 is 2.91 bits per heavy atom. The van der Waals surface area contributed by atoms with Gasteiger partial charge in [0.25, 0.3) is 5.91 Å². The number of nitrogens with two attached hydrogens (primary N) is 1. The molecule has 110 valence electrons. The zero-order valence-electron chi connectivity index (χ0n) is 11.3. The smallest absolute Gasteiger partial charge is 0.259 e. The molecule has 0 saturated heterocycles. The fourth-order valence-corrected chi connectivity index (χ4v) is 2.25. The summed E-state index contributed by atoms with van der Waals surface area (Å²) in [6, 6.07) is 10.0. The molecular weight excluding hydrogens is 304 g/mol. The van der Waals surface area contributed by atoms with Gasteiger partial charge in [-0.25, -0.2) is 4.98 Å². The molecule has 0 fully saturated rings. The Labute approximate surface area is 131 Å². The Morgan fingerprint density at radius 2 is 2.14 bits per heavy atom. The highest BCUT2D eigenvalue weighted by Crippen LogP contribution is 2.31. The van der Waals surface area contributed by atoms with E-state index in [2.05, 4.69) is 15.6 Å². The average molecular weight is 315 g/mol. The van der Waals surface area contributed by atoms with E-state index in [4.69, 9.17) is 17.3 Å². The van der Waals surface area contributed by atoms with Crippen molar-refractivity contribution in [2.45, 2.75) is 0 Å². The highest BCUT2D eigenvalue weighted by Gasteiger charge is 2.25. The molecule has 0 spiro atoms. The van der Waals surface area contributed by atoms with Crippen LogP contribution in [0, 0.1) is 0 Å². The molecule has 7 heteroatoms. The minimum atomic E-state index is -0.515. The number of nitrogens with one attached hydrogen (secondary N) is 2. The van der Waals surface area contributed by atoms with Crippen LogP contribution in [-0.4, -0.2) is 16.8 Å². The fraction of sp³-hybridized carbons (Fsp3) is 0. The lowest BCUT2D eigenvalue weighted by atomic mass is 10.1. The van der Waals surface area contributed by atoms with E-state index in [1.165, 1.54) is 0 Å². The van der Waals surface area contributed by atoms with Crippen LogP contribution < -0.4 is 16.4 Å². The normalized spacial score (nSPS) is 14.6. The number of pyridine rings is 1. The summed E-state index contributed by atoms with van der Waals surface area (Å²) in [5.74, 6) is -0.362. The number of aromatic nitrogens is 1. The standard InChI is InChI=1S/C15H11ClN4O2/c16-12-5-4-10-11(15(22)20-14(10)19-12)7-18-9-3-1-2-8(6-9)13(17)21/h1-7,18H,(H2,17,21)(H,19,20,22).